The zero-order chi connectivity index (χ0) is 11.6. The number of hydrogen-bond acceptors (Lipinski definition) is 3. The van der Waals surface area contributed by atoms with E-state index in [4.69, 9.17) is 0 Å². The van der Waals surface area contributed by atoms with Crippen LogP contribution in [0, 0.1) is 0 Å². The summed E-state index contributed by atoms with van der Waals surface area (Å²) in [7, 11) is 0. The summed E-state index contributed by atoms with van der Waals surface area (Å²) in [5.41, 5.74) is 1.33. The molecular weight excluding hydrogens is 204 g/mol. The molecule has 1 heterocycles. The molecule has 1 aliphatic carbocycles. The van der Waals surface area contributed by atoms with Crippen molar-refractivity contribution in [3.63, 3.8) is 0 Å². The average molecular weight is 224 g/mol. The van der Waals surface area contributed by atoms with Crippen molar-refractivity contribution in [1.82, 2.24) is 10.6 Å². The van der Waals surface area contributed by atoms with E-state index in [0.717, 1.165) is 44.3 Å². The molecule has 2 rings (SSSR count). The van der Waals surface area contributed by atoms with Crippen molar-refractivity contribution in [2.75, 3.05) is 19.6 Å². The van der Waals surface area contributed by atoms with Crippen LogP contribution >= 0.6 is 0 Å². The van der Waals surface area contributed by atoms with Crippen molar-refractivity contribution < 1.29 is 9.90 Å². The standard InChI is InChI=1S/C12H20N2O2/c1-9(10-6-13-7-10)11(15)14-8-12(16)4-2-3-5-12/h13,16H,2-8H2,1H3,(H,14,15). The Morgan fingerprint density at radius 2 is 2.06 bits per heavy atom. The molecule has 0 bridgehead atoms. The Kier molecular flexibility index (Phi) is 3.30. The van der Waals surface area contributed by atoms with Gasteiger partial charge in [0.2, 0.25) is 5.91 Å². The third kappa shape index (κ3) is 2.44. The van der Waals surface area contributed by atoms with Gasteiger partial charge in [-0.25, -0.2) is 0 Å². The van der Waals surface area contributed by atoms with E-state index in [1.54, 1.807) is 0 Å². The molecule has 2 fully saturated rings. The first-order valence-corrected chi connectivity index (χ1v) is 6.01. The summed E-state index contributed by atoms with van der Waals surface area (Å²) >= 11 is 0. The van der Waals surface area contributed by atoms with Crippen molar-refractivity contribution in [3.8, 4) is 0 Å². The average Bonchev–Trinajstić information content (AvgIpc) is 2.59. The smallest absolute Gasteiger partial charge is 0.247 e. The summed E-state index contributed by atoms with van der Waals surface area (Å²) in [5, 5.41) is 16.0. The fourth-order valence-electron chi connectivity index (χ4n) is 2.26. The molecule has 0 aromatic rings. The molecule has 1 saturated heterocycles. The first kappa shape index (κ1) is 11.6. The minimum atomic E-state index is -0.654. The van der Waals surface area contributed by atoms with E-state index in [1.807, 2.05) is 6.92 Å². The normalized spacial score (nSPS) is 22.8. The quantitative estimate of drug-likeness (QED) is 0.605. The molecule has 0 atom stereocenters. The van der Waals surface area contributed by atoms with Gasteiger partial charge in [0.05, 0.1) is 5.60 Å². The fraction of sp³-hybridized carbons (Fsp3) is 0.750. The topological polar surface area (TPSA) is 61.4 Å². The molecule has 90 valence electrons. The van der Waals surface area contributed by atoms with Crippen LogP contribution in [0.3, 0.4) is 0 Å². The zero-order valence-electron chi connectivity index (χ0n) is 9.81. The van der Waals surface area contributed by atoms with Gasteiger partial charge in [-0.2, -0.15) is 0 Å². The predicted octanol–water partition coefficient (Wildman–Crippen LogP) is 0.327. The van der Waals surface area contributed by atoms with Crippen LogP contribution in [0.4, 0.5) is 0 Å². The SMILES string of the molecule is CC(C(=O)NCC1(O)CCCC1)=C1CNC1. The van der Waals surface area contributed by atoms with Crippen LogP contribution in [0.15, 0.2) is 11.1 Å². The number of nitrogens with one attached hydrogen (secondary N) is 2. The number of carbonyl (C=O) groups is 1. The van der Waals surface area contributed by atoms with Crippen LogP contribution in [-0.2, 0) is 4.79 Å². The van der Waals surface area contributed by atoms with Gasteiger partial charge in [0, 0.05) is 25.2 Å². The molecule has 0 unspecified atom stereocenters. The number of rotatable bonds is 3. The van der Waals surface area contributed by atoms with Gasteiger partial charge >= 0.3 is 0 Å². The molecule has 1 amide bonds. The van der Waals surface area contributed by atoms with Crippen LogP contribution in [0.25, 0.3) is 0 Å². The summed E-state index contributed by atoms with van der Waals surface area (Å²) in [4.78, 5) is 11.8. The molecule has 0 spiro atoms. The molecule has 16 heavy (non-hydrogen) atoms. The molecule has 1 saturated carbocycles. The molecule has 0 aromatic carbocycles. The Labute approximate surface area is 96.1 Å². The summed E-state index contributed by atoms with van der Waals surface area (Å²) in [6.45, 7) is 3.89. The second-order valence-electron chi connectivity index (χ2n) is 4.95. The summed E-state index contributed by atoms with van der Waals surface area (Å²) in [6, 6.07) is 0. The van der Waals surface area contributed by atoms with Crippen molar-refractivity contribution in [3.05, 3.63) is 11.1 Å². The third-order valence-electron chi connectivity index (χ3n) is 3.66. The minimum Gasteiger partial charge on any atom is -0.388 e. The Balaban J connectivity index is 1.83. The number of aliphatic hydroxyl groups is 1. The van der Waals surface area contributed by atoms with Gasteiger partial charge in [-0.05, 0) is 25.3 Å². The maximum atomic E-state index is 11.8. The van der Waals surface area contributed by atoms with E-state index in [2.05, 4.69) is 10.6 Å². The summed E-state index contributed by atoms with van der Waals surface area (Å²) < 4.78 is 0. The maximum Gasteiger partial charge on any atom is 0.247 e. The largest absolute Gasteiger partial charge is 0.388 e. The second-order valence-corrected chi connectivity index (χ2v) is 4.95. The molecule has 3 N–H and O–H groups in total. The lowest BCUT2D eigenvalue weighted by Gasteiger charge is -2.24. The number of amides is 1. The Morgan fingerprint density at radius 1 is 1.44 bits per heavy atom. The first-order valence-electron chi connectivity index (χ1n) is 6.01. The molecule has 1 aliphatic heterocycles. The van der Waals surface area contributed by atoms with Crippen molar-refractivity contribution in [2.24, 2.45) is 0 Å². The van der Waals surface area contributed by atoms with Crippen LogP contribution in [0.1, 0.15) is 32.6 Å². The highest BCUT2D eigenvalue weighted by molar-refractivity contribution is 5.94. The van der Waals surface area contributed by atoms with Crippen LogP contribution in [0.5, 0.6) is 0 Å². The number of hydrogen-bond donors (Lipinski definition) is 3. The van der Waals surface area contributed by atoms with Crippen molar-refractivity contribution >= 4 is 5.91 Å². The Bertz CT molecular complexity index is 311. The lowest BCUT2D eigenvalue weighted by Crippen LogP contribution is -2.43. The van der Waals surface area contributed by atoms with Crippen LogP contribution in [-0.4, -0.2) is 36.2 Å². The predicted molar refractivity (Wildman–Crippen MR) is 62.0 cm³/mol. The first-order chi connectivity index (χ1) is 7.61. The van der Waals surface area contributed by atoms with Gasteiger partial charge in [-0.3, -0.25) is 4.79 Å². The highest BCUT2D eigenvalue weighted by atomic mass is 16.3. The van der Waals surface area contributed by atoms with E-state index in [0.29, 0.717) is 6.54 Å². The van der Waals surface area contributed by atoms with E-state index in [9.17, 15) is 9.90 Å². The highest BCUT2D eigenvalue weighted by Gasteiger charge is 2.31. The van der Waals surface area contributed by atoms with Gasteiger partial charge in [-0.1, -0.05) is 12.8 Å². The Hall–Kier alpha value is -0.870. The minimum absolute atomic E-state index is 0.0307. The molecule has 0 aromatic heterocycles. The van der Waals surface area contributed by atoms with Crippen LogP contribution in [0.2, 0.25) is 0 Å². The maximum absolute atomic E-state index is 11.8. The summed E-state index contributed by atoms with van der Waals surface area (Å²) in [6.07, 6.45) is 3.75. The highest BCUT2D eigenvalue weighted by Crippen LogP contribution is 2.28. The van der Waals surface area contributed by atoms with Gasteiger partial charge in [0.25, 0.3) is 0 Å². The van der Waals surface area contributed by atoms with E-state index >= 15 is 0 Å². The van der Waals surface area contributed by atoms with Gasteiger partial charge < -0.3 is 15.7 Å². The van der Waals surface area contributed by atoms with Crippen LogP contribution < -0.4 is 10.6 Å². The van der Waals surface area contributed by atoms with Crippen molar-refractivity contribution in [2.45, 2.75) is 38.2 Å². The van der Waals surface area contributed by atoms with Gasteiger partial charge in [0.1, 0.15) is 0 Å². The van der Waals surface area contributed by atoms with Gasteiger partial charge in [-0.15, -0.1) is 0 Å². The lowest BCUT2D eigenvalue weighted by atomic mass is 10.0. The van der Waals surface area contributed by atoms with E-state index in [1.165, 1.54) is 5.57 Å². The molecule has 2 aliphatic rings. The Morgan fingerprint density at radius 3 is 2.56 bits per heavy atom. The second kappa shape index (κ2) is 4.55. The fourth-order valence-corrected chi connectivity index (χ4v) is 2.26. The zero-order valence-corrected chi connectivity index (χ0v) is 9.81. The molecule has 4 heteroatoms. The molecule has 4 nitrogen and oxygen atoms in total. The molecular formula is C12H20N2O2. The third-order valence-corrected chi connectivity index (χ3v) is 3.66. The van der Waals surface area contributed by atoms with E-state index < -0.39 is 5.60 Å². The molecule has 0 radical (unpaired) electrons. The van der Waals surface area contributed by atoms with Gasteiger partial charge in [0.15, 0.2) is 0 Å². The van der Waals surface area contributed by atoms with Crippen molar-refractivity contribution in [1.29, 1.82) is 0 Å². The van der Waals surface area contributed by atoms with E-state index in [-0.39, 0.29) is 5.91 Å². The summed E-state index contributed by atoms with van der Waals surface area (Å²) in [5.74, 6) is -0.0307. The lowest BCUT2D eigenvalue weighted by molar-refractivity contribution is -0.118. The monoisotopic (exact) mass is 224 g/mol. The number of carbonyl (C=O) groups excluding carboxylic acids is 1.